The van der Waals surface area contributed by atoms with Crippen LogP contribution in [0.25, 0.3) is 0 Å². The lowest BCUT2D eigenvalue weighted by atomic mass is 9.89. The van der Waals surface area contributed by atoms with Gasteiger partial charge in [-0.2, -0.15) is 27.5 Å². The van der Waals surface area contributed by atoms with Gasteiger partial charge >= 0.3 is 6.18 Å². The van der Waals surface area contributed by atoms with Crippen molar-refractivity contribution in [2.24, 2.45) is 5.92 Å². The minimum absolute atomic E-state index is 0.0334. The Labute approximate surface area is 159 Å². The zero-order valence-electron chi connectivity index (χ0n) is 15.1. The summed E-state index contributed by atoms with van der Waals surface area (Å²) in [5, 5.41) is 9.66. The van der Waals surface area contributed by atoms with E-state index >= 15 is 0 Å². The average Bonchev–Trinajstić information content (AvgIpc) is 3.22. The number of hydrogen-bond acceptors (Lipinski definition) is 5. The van der Waals surface area contributed by atoms with E-state index in [0.717, 1.165) is 55.4 Å². The fourth-order valence-electron chi connectivity index (χ4n) is 3.33. The summed E-state index contributed by atoms with van der Waals surface area (Å²) in [6, 6.07) is 0. The van der Waals surface area contributed by atoms with Crippen LogP contribution in [0.4, 0.5) is 18.9 Å². The Kier molecular flexibility index (Phi) is 5.50. The minimum Gasteiger partial charge on any atom is -0.318 e. The van der Waals surface area contributed by atoms with Crippen LogP contribution in [-0.4, -0.2) is 39.5 Å². The van der Waals surface area contributed by atoms with E-state index in [1.54, 1.807) is 0 Å². The van der Waals surface area contributed by atoms with Crippen molar-refractivity contribution in [3.05, 3.63) is 29.8 Å². The summed E-state index contributed by atoms with van der Waals surface area (Å²) in [5.74, 6) is -0.858. The van der Waals surface area contributed by atoms with E-state index in [1.807, 2.05) is 0 Å². The van der Waals surface area contributed by atoms with Gasteiger partial charge in [-0.15, -0.1) is 0 Å². The van der Waals surface area contributed by atoms with Gasteiger partial charge in [-0.05, 0) is 18.8 Å². The first kappa shape index (κ1) is 20.4. The molecule has 2 aromatic rings. The highest BCUT2D eigenvalue weighted by atomic mass is 32.2. The quantitative estimate of drug-likeness (QED) is 0.804. The highest BCUT2D eigenvalue weighted by molar-refractivity contribution is 7.89. The largest absolute Gasteiger partial charge is 0.420 e. The summed E-state index contributed by atoms with van der Waals surface area (Å²) in [5.41, 5.74) is -1.75. The number of nitrogens with zero attached hydrogens (tertiary/aromatic N) is 4. The Balaban J connectivity index is 1.88. The summed E-state index contributed by atoms with van der Waals surface area (Å²) in [6.07, 6.45) is 3.75. The molecule has 0 bridgehead atoms. The van der Waals surface area contributed by atoms with Crippen LogP contribution in [0.5, 0.6) is 0 Å². The fraction of sp³-hybridized carbons (Fsp3) is 0.562. The molecule has 8 nitrogen and oxygen atoms in total. The van der Waals surface area contributed by atoms with Crippen LogP contribution in [0.15, 0.2) is 18.6 Å². The molecule has 0 atom stereocenters. The number of rotatable bonds is 5. The molecule has 0 spiro atoms. The van der Waals surface area contributed by atoms with Crippen molar-refractivity contribution in [3.63, 3.8) is 0 Å². The van der Waals surface area contributed by atoms with Crippen molar-refractivity contribution < 1.29 is 26.4 Å². The molecule has 0 aliphatic heterocycles. The monoisotopic (exact) mass is 419 g/mol. The van der Waals surface area contributed by atoms with E-state index in [9.17, 15) is 26.4 Å². The average molecular weight is 419 g/mol. The number of carbonyl (C=O) groups excluding carboxylic acids is 1. The molecular formula is C16H20F3N5O3S. The molecule has 3 rings (SSSR count). The second kappa shape index (κ2) is 7.57. The Morgan fingerprint density at radius 2 is 1.89 bits per heavy atom. The molecule has 12 heteroatoms. The van der Waals surface area contributed by atoms with Crippen molar-refractivity contribution in [2.45, 2.75) is 44.8 Å². The number of carbonyl (C=O) groups is 1. The molecule has 0 aromatic carbocycles. The normalized spacial score (nSPS) is 16.3. The maximum atomic E-state index is 13.4. The van der Waals surface area contributed by atoms with E-state index in [1.165, 1.54) is 0 Å². The molecule has 0 saturated heterocycles. The van der Waals surface area contributed by atoms with Gasteiger partial charge < -0.3 is 5.32 Å². The SMILES string of the molecule is CS(=O)(=O)n1cc(NC(=O)c2c(C(F)(F)F)cnn2CC2CCCCC2)cn1. The molecule has 1 N–H and O–H groups in total. The lowest BCUT2D eigenvalue weighted by Gasteiger charge is -2.22. The Morgan fingerprint density at radius 1 is 1.21 bits per heavy atom. The van der Waals surface area contributed by atoms with Gasteiger partial charge in [0.05, 0.1) is 30.5 Å². The minimum atomic E-state index is -4.74. The van der Waals surface area contributed by atoms with Crippen LogP contribution in [-0.2, 0) is 22.7 Å². The van der Waals surface area contributed by atoms with Gasteiger partial charge in [0, 0.05) is 6.54 Å². The van der Waals surface area contributed by atoms with Crippen molar-refractivity contribution in [1.82, 2.24) is 19.0 Å². The van der Waals surface area contributed by atoms with Crippen LogP contribution in [0.2, 0.25) is 0 Å². The molecule has 1 saturated carbocycles. The topological polar surface area (TPSA) is 98.9 Å². The maximum Gasteiger partial charge on any atom is 0.420 e. The van der Waals surface area contributed by atoms with Gasteiger partial charge in [0.1, 0.15) is 11.3 Å². The summed E-state index contributed by atoms with van der Waals surface area (Å²) in [4.78, 5) is 12.6. The molecule has 1 amide bonds. The molecule has 28 heavy (non-hydrogen) atoms. The van der Waals surface area contributed by atoms with Crippen LogP contribution in [0.3, 0.4) is 0 Å². The van der Waals surface area contributed by atoms with Crippen molar-refractivity contribution in [2.75, 3.05) is 11.6 Å². The molecule has 0 unspecified atom stereocenters. The van der Waals surface area contributed by atoms with Crippen LogP contribution in [0, 0.1) is 5.92 Å². The predicted octanol–water partition coefficient (Wildman–Crippen LogP) is 2.74. The first-order valence-corrected chi connectivity index (χ1v) is 10.6. The van der Waals surface area contributed by atoms with Gasteiger partial charge in [-0.1, -0.05) is 19.3 Å². The zero-order valence-corrected chi connectivity index (χ0v) is 15.9. The summed E-state index contributed by atoms with van der Waals surface area (Å²) in [6.45, 7) is 0.224. The van der Waals surface area contributed by atoms with Crippen LogP contribution >= 0.6 is 0 Å². The number of hydrogen-bond donors (Lipinski definition) is 1. The molecule has 0 radical (unpaired) electrons. The lowest BCUT2D eigenvalue weighted by Crippen LogP contribution is -2.24. The molecule has 1 aliphatic carbocycles. The van der Waals surface area contributed by atoms with E-state index < -0.39 is 33.4 Å². The number of nitrogens with one attached hydrogen (secondary N) is 1. The third kappa shape index (κ3) is 4.54. The lowest BCUT2D eigenvalue weighted by molar-refractivity contribution is -0.138. The highest BCUT2D eigenvalue weighted by Gasteiger charge is 2.39. The Morgan fingerprint density at radius 3 is 2.46 bits per heavy atom. The number of halogens is 3. The molecular weight excluding hydrogens is 399 g/mol. The smallest absolute Gasteiger partial charge is 0.318 e. The number of aromatic nitrogens is 4. The van der Waals surface area contributed by atoms with Crippen LogP contribution < -0.4 is 5.32 Å². The number of anilines is 1. The Bertz CT molecular complexity index is 959. The first-order chi connectivity index (χ1) is 13.1. The van der Waals surface area contributed by atoms with E-state index in [-0.39, 0.29) is 18.2 Å². The number of alkyl halides is 3. The highest BCUT2D eigenvalue weighted by Crippen LogP contribution is 2.33. The molecule has 1 aliphatic rings. The maximum absolute atomic E-state index is 13.4. The fourth-order valence-corrected chi connectivity index (χ4v) is 3.85. The van der Waals surface area contributed by atoms with E-state index in [4.69, 9.17) is 0 Å². The van der Waals surface area contributed by atoms with Gasteiger partial charge in [-0.25, -0.2) is 8.42 Å². The third-order valence-corrected chi connectivity index (χ3v) is 5.55. The van der Waals surface area contributed by atoms with Crippen molar-refractivity contribution >= 4 is 21.6 Å². The Hall–Kier alpha value is -2.37. The zero-order chi connectivity index (χ0) is 20.5. The van der Waals surface area contributed by atoms with Crippen molar-refractivity contribution in [3.8, 4) is 0 Å². The summed E-state index contributed by atoms with van der Waals surface area (Å²) < 4.78 is 64.7. The second-order valence-corrected chi connectivity index (χ2v) is 8.75. The van der Waals surface area contributed by atoms with Gasteiger partial charge in [-0.3, -0.25) is 9.48 Å². The third-order valence-electron chi connectivity index (χ3n) is 4.67. The summed E-state index contributed by atoms with van der Waals surface area (Å²) in [7, 11) is -3.67. The number of amides is 1. The molecule has 2 aromatic heterocycles. The summed E-state index contributed by atoms with van der Waals surface area (Å²) >= 11 is 0. The van der Waals surface area contributed by atoms with E-state index in [2.05, 4.69) is 15.5 Å². The molecule has 154 valence electrons. The van der Waals surface area contributed by atoms with Crippen LogP contribution in [0.1, 0.15) is 48.2 Å². The first-order valence-electron chi connectivity index (χ1n) is 8.75. The van der Waals surface area contributed by atoms with Gasteiger partial charge in [0.25, 0.3) is 15.9 Å². The van der Waals surface area contributed by atoms with Gasteiger partial charge in [0.15, 0.2) is 0 Å². The molecule has 1 fully saturated rings. The van der Waals surface area contributed by atoms with E-state index in [0.29, 0.717) is 10.3 Å². The predicted molar refractivity (Wildman–Crippen MR) is 94.2 cm³/mol. The van der Waals surface area contributed by atoms with Gasteiger partial charge in [0.2, 0.25) is 0 Å². The standard InChI is InChI=1S/C16H20F3N5O3S/c1-28(26,27)24-10-12(7-21-24)22-15(25)14-13(16(17,18)19)8-20-23(14)9-11-5-3-2-4-6-11/h7-8,10-11H,2-6,9H2,1H3,(H,22,25). The molecule has 2 heterocycles. The van der Waals surface area contributed by atoms with Crippen molar-refractivity contribution in [1.29, 1.82) is 0 Å². The second-order valence-electron chi connectivity index (χ2n) is 6.91.